The van der Waals surface area contributed by atoms with Crippen molar-refractivity contribution < 1.29 is 13.2 Å². The molecule has 2 saturated heterocycles. The van der Waals surface area contributed by atoms with Crippen molar-refractivity contribution in [1.82, 2.24) is 4.90 Å². The van der Waals surface area contributed by atoms with Crippen LogP contribution in [0.2, 0.25) is 5.02 Å². The number of carbonyl (C=O) groups excluding carboxylic acids is 1. The number of hydrogen-bond donors (Lipinski definition) is 0. The predicted molar refractivity (Wildman–Crippen MR) is 103 cm³/mol. The van der Waals surface area contributed by atoms with E-state index in [0.717, 1.165) is 18.4 Å². The van der Waals surface area contributed by atoms with Crippen molar-refractivity contribution in [3.63, 3.8) is 0 Å². The average molecular weight is 401 g/mol. The first kappa shape index (κ1) is 18.7. The molecule has 1 aromatic carbocycles. The monoisotopic (exact) mass is 400 g/mol. The smallest absolute Gasteiger partial charge is 0.248 e. The lowest BCUT2D eigenvalue weighted by Crippen LogP contribution is -2.37. The Bertz CT molecular complexity index is 778. The van der Waals surface area contributed by atoms with E-state index in [2.05, 4.69) is 4.99 Å². The normalized spacial score (nSPS) is 26.2. The third-order valence-electron chi connectivity index (χ3n) is 4.41. The summed E-state index contributed by atoms with van der Waals surface area (Å²) in [5.41, 5.74) is 1.02. The number of carbonyl (C=O) groups is 1. The van der Waals surface area contributed by atoms with Gasteiger partial charge in [-0.25, -0.2) is 8.42 Å². The molecule has 0 unspecified atom stereocenters. The van der Waals surface area contributed by atoms with Gasteiger partial charge < -0.3 is 4.90 Å². The molecule has 5 nitrogen and oxygen atoms in total. The van der Waals surface area contributed by atoms with E-state index in [1.807, 2.05) is 36.1 Å². The lowest BCUT2D eigenvalue weighted by molar-refractivity contribution is -0.117. The maximum atomic E-state index is 12.1. The highest BCUT2D eigenvalue weighted by molar-refractivity contribution is 8.15. The molecule has 136 valence electrons. The Hall–Kier alpha value is -1.05. The SMILES string of the molecule is CCCCC(=O)N=C1S[C@H]2CS(=O)(=O)C[C@H]2N1Cc1ccc(Cl)cc1. The Morgan fingerprint density at radius 1 is 1.32 bits per heavy atom. The van der Waals surface area contributed by atoms with Crippen LogP contribution in [0.3, 0.4) is 0 Å². The number of unbranched alkanes of at least 4 members (excludes halogenated alkanes) is 1. The van der Waals surface area contributed by atoms with Crippen molar-refractivity contribution in [3.05, 3.63) is 34.9 Å². The molecular formula is C17H21ClN2O3S2. The number of amides is 1. The predicted octanol–water partition coefficient (Wildman–Crippen LogP) is 3.13. The zero-order valence-electron chi connectivity index (χ0n) is 14.0. The van der Waals surface area contributed by atoms with Crippen molar-refractivity contribution in [2.24, 2.45) is 4.99 Å². The lowest BCUT2D eigenvalue weighted by Gasteiger charge is -2.24. The molecule has 2 atom stereocenters. The van der Waals surface area contributed by atoms with Gasteiger partial charge >= 0.3 is 0 Å². The Morgan fingerprint density at radius 2 is 2.04 bits per heavy atom. The van der Waals surface area contributed by atoms with Gasteiger partial charge in [-0.1, -0.05) is 48.8 Å². The molecule has 2 heterocycles. The number of amidine groups is 1. The van der Waals surface area contributed by atoms with Crippen LogP contribution in [0.4, 0.5) is 0 Å². The topological polar surface area (TPSA) is 66.8 Å². The fraction of sp³-hybridized carbons (Fsp3) is 0.529. The highest BCUT2D eigenvalue weighted by Gasteiger charge is 2.48. The van der Waals surface area contributed by atoms with Crippen LogP contribution in [-0.2, 0) is 21.2 Å². The molecular weight excluding hydrogens is 380 g/mol. The Balaban J connectivity index is 1.83. The molecule has 2 fully saturated rings. The first-order chi connectivity index (χ1) is 11.9. The Labute approximate surface area is 157 Å². The fourth-order valence-corrected chi connectivity index (χ4v) is 7.19. The minimum atomic E-state index is -3.03. The van der Waals surface area contributed by atoms with Crippen molar-refractivity contribution in [1.29, 1.82) is 0 Å². The number of benzene rings is 1. The molecule has 0 N–H and O–H groups in total. The zero-order chi connectivity index (χ0) is 18.0. The summed E-state index contributed by atoms with van der Waals surface area (Å²) < 4.78 is 24.0. The Kier molecular flexibility index (Phi) is 5.75. The van der Waals surface area contributed by atoms with Gasteiger partial charge in [-0.05, 0) is 24.1 Å². The van der Waals surface area contributed by atoms with Crippen molar-refractivity contribution in [3.8, 4) is 0 Å². The molecule has 0 spiro atoms. The summed E-state index contributed by atoms with van der Waals surface area (Å²) >= 11 is 7.36. The zero-order valence-corrected chi connectivity index (χ0v) is 16.4. The molecule has 0 bridgehead atoms. The fourth-order valence-electron chi connectivity index (χ4n) is 3.10. The lowest BCUT2D eigenvalue weighted by atomic mass is 10.1. The third kappa shape index (κ3) is 4.57. The van der Waals surface area contributed by atoms with Gasteiger partial charge in [-0.2, -0.15) is 4.99 Å². The molecule has 0 radical (unpaired) electrons. The minimum Gasteiger partial charge on any atom is -0.342 e. The van der Waals surface area contributed by atoms with Gasteiger partial charge in [0.2, 0.25) is 5.91 Å². The van der Waals surface area contributed by atoms with E-state index >= 15 is 0 Å². The van der Waals surface area contributed by atoms with Crippen molar-refractivity contribution >= 4 is 44.3 Å². The number of aliphatic imine (C=N–C) groups is 1. The molecule has 2 aliphatic rings. The van der Waals surface area contributed by atoms with Crippen LogP contribution in [0.5, 0.6) is 0 Å². The van der Waals surface area contributed by atoms with Crippen molar-refractivity contribution in [2.45, 2.75) is 44.0 Å². The maximum absolute atomic E-state index is 12.1. The van der Waals surface area contributed by atoms with E-state index in [1.54, 1.807) is 0 Å². The second-order valence-corrected chi connectivity index (χ2v) is 10.2. The Morgan fingerprint density at radius 3 is 2.72 bits per heavy atom. The molecule has 3 rings (SSSR count). The van der Waals surface area contributed by atoms with Gasteiger partial charge in [0.15, 0.2) is 15.0 Å². The van der Waals surface area contributed by atoms with E-state index in [1.165, 1.54) is 11.8 Å². The molecule has 1 aromatic rings. The van der Waals surface area contributed by atoms with E-state index < -0.39 is 9.84 Å². The molecule has 25 heavy (non-hydrogen) atoms. The largest absolute Gasteiger partial charge is 0.342 e. The number of fused-ring (bicyclic) bond motifs is 1. The molecule has 2 aliphatic heterocycles. The summed E-state index contributed by atoms with van der Waals surface area (Å²) in [5, 5.41) is 1.26. The van der Waals surface area contributed by atoms with Gasteiger partial charge in [0.1, 0.15) is 0 Å². The summed E-state index contributed by atoms with van der Waals surface area (Å²) in [5.74, 6) is 0.149. The van der Waals surface area contributed by atoms with Crippen LogP contribution in [0.15, 0.2) is 29.3 Å². The van der Waals surface area contributed by atoms with Crippen LogP contribution in [0.25, 0.3) is 0 Å². The van der Waals surface area contributed by atoms with Gasteiger partial charge in [0.05, 0.1) is 17.5 Å². The molecule has 0 aliphatic carbocycles. The summed E-state index contributed by atoms with van der Waals surface area (Å²) in [7, 11) is -3.03. The second-order valence-electron chi connectivity index (χ2n) is 6.45. The number of halogens is 1. The quantitative estimate of drug-likeness (QED) is 0.759. The molecule has 0 saturated carbocycles. The van der Waals surface area contributed by atoms with Gasteiger partial charge in [0, 0.05) is 23.2 Å². The van der Waals surface area contributed by atoms with Gasteiger partial charge in [-0.15, -0.1) is 0 Å². The van der Waals surface area contributed by atoms with Crippen LogP contribution in [0, 0.1) is 0 Å². The molecule has 1 amide bonds. The van der Waals surface area contributed by atoms with Gasteiger partial charge in [-0.3, -0.25) is 4.79 Å². The third-order valence-corrected chi connectivity index (χ3v) is 7.91. The number of hydrogen-bond acceptors (Lipinski definition) is 4. The molecule has 8 heteroatoms. The maximum Gasteiger partial charge on any atom is 0.248 e. The summed E-state index contributed by atoms with van der Waals surface area (Å²) in [6.45, 7) is 2.56. The van der Waals surface area contributed by atoms with Crippen LogP contribution in [-0.4, -0.2) is 47.2 Å². The highest BCUT2D eigenvalue weighted by atomic mass is 35.5. The summed E-state index contributed by atoms with van der Waals surface area (Å²) in [4.78, 5) is 18.3. The number of thioether (sulfide) groups is 1. The first-order valence-corrected chi connectivity index (χ1v) is 11.5. The van der Waals surface area contributed by atoms with E-state index in [-0.39, 0.29) is 28.7 Å². The summed E-state index contributed by atoms with van der Waals surface area (Å²) in [6.07, 6.45) is 2.20. The van der Waals surface area contributed by atoms with Crippen LogP contribution >= 0.6 is 23.4 Å². The van der Waals surface area contributed by atoms with E-state index in [9.17, 15) is 13.2 Å². The van der Waals surface area contributed by atoms with E-state index in [4.69, 9.17) is 11.6 Å². The van der Waals surface area contributed by atoms with Gasteiger partial charge in [0.25, 0.3) is 0 Å². The number of sulfone groups is 1. The molecule has 0 aromatic heterocycles. The first-order valence-electron chi connectivity index (χ1n) is 8.37. The van der Waals surface area contributed by atoms with Crippen LogP contribution < -0.4 is 0 Å². The van der Waals surface area contributed by atoms with Crippen molar-refractivity contribution in [2.75, 3.05) is 11.5 Å². The number of rotatable bonds is 5. The standard InChI is InChI=1S/C17H21ClN2O3S2/c1-2-3-4-16(21)19-17-20(9-12-5-7-13(18)8-6-12)14-10-25(22,23)11-15(14)24-17/h5-8,14-15H,2-4,9-11H2,1H3/t14-,15+/m1/s1. The number of nitrogens with zero attached hydrogens (tertiary/aromatic N) is 2. The summed E-state index contributed by atoms with van der Waals surface area (Å²) in [6, 6.07) is 7.34. The van der Waals surface area contributed by atoms with E-state index in [0.29, 0.717) is 23.2 Å². The average Bonchev–Trinajstić information content (AvgIpc) is 3.00. The second kappa shape index (κ2) is 7.68. The van der Waals surface area contributed by atoms with Crippen LogP contribution in [0.1, 0.15) is 31.7 Å². The highest BCUT2D eigenvalue weighted by Crippen LogP contribution is 2.39. The minimum absolute atomic E-state index is 0.0463.